The summed E-state index contributed by atoms with van der Waals surface area (Å²) in [5, 5.41) is 3.42. The minimum absolute atomic E-state index is 0.122. The summed E-state index contributed by atoms with van der Waals surface area (Å²) >= 11 is 0. The second-order valence-electron chi connectivity index (χ2n) is 6.12. The topological polar surface area (TPSA) is 41.8 Å². The van der Waals surface area contributed by atoms with E-state index in [1.54, 1.807) is 0 Å². The molecular weight excluding hydrogens is 264 g/mol. The van der Waals surface area contributed by atoms with Gasteiger partial charge in [0.25, 0.3) is 0 Å². The van der Waals surface area contributed by atoms with Crippen LogP contribution >= 0.6 is 0 Å². The molecule has 21 heavy (non-hydrogen) atoms. The highest BCUT2D eigenvalue weighted by atomic mass is 16.5. The molecule has 1 aliphatic rings. The SMILES string of the molecule is CCNCc1c(N2CCOC(C)(C)C2)nc2ccccn12. The number of hydrogen-bond acceptors (Lipinski definition) is 4. The van der Waals surface area contributed by atoms with E-state index >= 15 is 0 Å². The third-order valence-electron chi connectivity index (χ3n) is 3.88. The highest BCUT2D eigenvalue weighted by molar-refractivity contribution is 5.56. The van der Waals surface area contributed by atoms with Crippen LogP contribution in [0.3, 0.4) is 0 Å². The van der Waals surface area contributed by atoms with E-state index in [9.17, 15) is 0 Å². The molecule has 1 saturated heterocycles. The lowest BCUT2D eigenvalue weighted by atomic mass is 10.1. The lowest BCUT2D eigenvalue weighted by Gasteiger charge is -2.38. The van der Waals surface area contributed by atoms with Crippen LogP contribution in [0.25, 0.3) is 5.65 Å². The summed E-state index contributed by atoms with van der Waals surface area (Å²) in [5.41, 5.74) is 2.11. The van der Waals surface area contributed by atoms with Crippen LogP contribution in [0.15, 0.2) is 24.4 Å². The Morgan fingerprint density at radius 2 is 2.24 bits per heavy atom. The molecule has 3 heterocycles. The molecule has 0 radical (unpaired) electrons. The molecule has 2 aromatic heterocycles. The molecule has 5 heteroatoms. The van der Waals surface area contributed by atoms with Crippen LogP contribution in [0.1, 0.15) is 26.5 Å². The highest BCUT2D eigenvalue weighted by Gasteiger charge is 2.30. The monoisotopic (exact) mass is 288 g/mol. The quantitative estimate of drug-likeness (QED) is 0.935. The highest BCUT2D eigenvalue weighted by Crippen LogP contribution is 2.26. The van der Waals surface area contributed by atoms with Crippen molar-refractivity contribution in [1.82, 2.24) is 14.7 Å². The molecule has 0 unspecified atom stereocenters. The Morgan fingerprint density at radius 3 is 3.00 bits per heavy atom. The Morgan fingerprint density at radius 1 is 1.38 bits per heavy atom. The molecule has 0 spiro atoms. The fourth-order valence-corrected chi connectivity index (χ4v) is 2.89. The van der Waals surface area contributed by atoms with Crippen LogP contribution in [0.4, 0.5) is 5.82 Å². The van der Waals surface area contributed by atoms with Gasteiger partial charge in [-0.3, -0.25) is 0 Å². The fraction of sp³-hybridized carbons (Fsp3) is 0.562. The van der Waals surface area contributed by atoms with Crippen LogP contribution < -0.4 is 10.2 Å². The molecule has 3 rings (SSSR count). The first-order chi connectivity index (χ1) is 10.1. The smallest absolute Gasteiger partial charge is 0.152 e. The summed E-state index contributed by atoms with van der Waals surface area (Å²) in [6, 6.07) is 6.15. The lowest BCUT2D eigenvalue weighted by molar-refractivity contribution is -0.0279. The van der Waals surface area contributed by atoms with Crippen molar-refractivity contribution in [3.05, 3.63) is 30.1 Å². The first-order valence-corrected chi connectivity index (χ1v) is 7.66. The van der Waals surface area contributed by atoms with Gasteiger partial charge in [-0.2, -0.15) is 0 Å². The zero-order chi connectivity index (χ0) is 14.9. The van der Waals surface area contributed by atoms with Gasteiger partial charge in [0.1, 0.15) is 5.65 Å². The van der Waals surface area contributed by atoms with Crippen molar-refractivity contribution < 1.29 is 4.74 Å². The van der Waals surface area contributed by atoms with Crippen molar-refractivity contribution >= 4 is 11.5 Å². The number of rotatable bonds is 4. The molecule has 1 N–H and O–H groups in total. The van der Waals surface area contributed by atoms with Crippen LogP contribution in [0.5, 0.6) is 0 Å². The van der Waals surface area contributed by atoms with Gasteiger partial charge in [-0.1, -0.05) is 13.0 Å². The standard InChI is InChI=1S/C16H24N4O/c1-4-17-11-13-15(18-14-7-5-6-8-20(13)14)19-9-10-21-16(2,3)12-19/h5-8,17H,4,9-12H2,1-3H3. The first-order valence-electron chi connectivity index (χ1n) is 7.66. The number of fused-ring (bicyclic) bond motifs is 1. The number of anilines is 1. The van der Waals surface area contributed by atoms with Crippen LogP contribution in [0.2, 0.25) is 0 Å². The van der Waals surface area contributed by atoms with Crippen LogP contribution in [-0.4, -0.2) is 41.2 Å². The van der Waals surface area contributed by atoms with Gasteiger partial charge in [0.15, 0.2) is 5.82 Å². The average Bonchev–Trinajstić information content (AvgIpc) is 2.83. The number of nitrogens with one attached hydrogen (secondary N) is 1. The average molecular weight is 288 g/mol. The molecular formula is C16H24N4O. The summed E-state index contributed by atoms with van der Waals surface area (Å²) in [4.78, 5) is 7.20. The Balaban J connectivity index is 2.00. The second kappa shape index (κ2) is 5.66. The van der Waals surface area contributed by atoms with E-state index in [4.69, 9.17) is 9.72 Å². The summed E-state index contributed by atoms with van der Waals surface area (Å²) in [6.45, 7) is 10.7. The van der Waals surface area contributed by atoms with Gasteiger partial charge in [0, 0.05) is 25.8 Å². The van der Waals surface area contributed by atoms with Crippen molar-refractivity contribution in [3.8, 4) is 0 Å². The van der Waals surface area contributed by atoms with Crippen molar-refractivity contribution in [2.24, 2.45) is 0 Å². The normalized spacial score (nSPS) is 18.3. The number of nitrogens with zero attached hydrogens (tertiary/aromatic N) is 3. The number of aromatic nitrogens is 2. The number of ether oxygens (including phenoxy) is 1. The summed E-state index contributed by atoms with van der Waals surface area (Å²) in [7, 11) is 0. The van der Waals surface area contributed by atoms with E-state index in [2.05, 4.69) is 53.7 Å². The fourth-order valence-electron chi connectivity index (χ4n) is 2.89. The summed E-state index contributed by atoms with van der Waals surface area (Å²) in [6.07, 6.45) is 2.09. The van der Waals surface area contributed by atoms with Gasteiger partial charge in [0.2, 0.25) is 0 Å². The molecule has 0 aliphatic carbocycles. The van der Waals surface area contributed by atoms with Crippen molar-refractivity contribution in [2.75, 3.05) is 31.1 Å². The maximum atomic E-state index is 5.82. The molecule has 0 bridgehead atoms. The molecule has 5 nitrogen and oxygen atoms in total. The zero-order valence-corrected chi connectivity index (χ0v) is 13.1. The molecule has 0 atom stereocenters. The van der Waals surface area contributed by atoms with Gasteiger partial charge >= 0.3 is 0 Å². The van der Waals surface area contributed by atoms with E-state index in [0.29, 0.717) is 0 Å². The molecule has 1 aliphatic heterocycles. The number of imidazole rings is 1. The summed E-state index contributed by atoms with van der Waals surface area (Å²) < 4.78 is 8.00. The van der Waals surface area contributed by atoms with E-state index in [0.717, 1.165) is 44.3 Å². The van der Waals surface area contributed by atoms with Gasteiger partial charge in [0.05, 0.1) is 17.9 Å². The minimum Gasteiger partial charge on any atom is -0.372 e. The predicted octanol–water partition coefficient (Wildman–Crippen LogP) is 2.06. The van der Waals surface area contributed by atoms with Crippen LogP contribution in [0, 0.1) is 0 Å². The largest absolute Gasteiger partial charge is 0.372 e. The van der Waals surface area contributed by atoms with Crippen molar-refractivity contribution in [1.29, 1.82) is 0 Å². The zero-order valence-electron chi connectivity index (χ0n) is 13.1. The maximum absolute atomic E-state index is 5.82. The maximum Gasteiger partial charge on any atom is 0.152 e. The minimum atomic E-state index is -0.122. The summed E-state index contributed by atoms with van der Waals surface area (Å²) in [5.74, 6) is 1.08. The molecule has 2 aromatic rings. The number of hydrogen-bond donors (Lipinski definition) is 1. The Labute approximate surface area is 125 Å². The Kier molecular flexibility index (Phi) is 3.87. The molecule has 0 saturated carbocycles. The molecule has 0 amide bonds. The van der Waals surface area contributed by atoms with E-state index in [-0.39, 0.29) is 5.60 Å². The van der Waals surface area contributed by atoms with Crippen molar-refractivity contribution in [3.63, 3.8) is 0 Å². The Hall–Kier alpha value is -1.59. The van der Waals surface area contributed by atoms with Gasteiger partial charge in [-0.25, -0.2) is 4.98 Å². The second-order valence-corrected chi connectivity index (χ2v) is 6.12. The van der Waals surface area contributed by atoms with Gasteiger partial charge in [-0.15, -0.1) is 0 Å². The van der Waals surface area contributed by atoms with Gasteiger partial charge in [-0.05, 0) is 32.5 Å². The third-order valence-corrected chi connectivity index (χ3v) is 3.88. The number of pyridine rings is 1. The van der Waals surface area contributed by atoms with E-state index in [1.807, 2.05) is 6.07 Å². The lowest BCUT2D eigenvalue weighted by Crippen LogP contribution is -2.48. The van der Waals surface area contributed by atoms with Crippen LogP contribution in [-0.2, 0) is 11.3 Å². The third kappa shape index (κ3) is 2.89. The number of morpholine rings is 1. The van der Waals surface area contributed by atoms with E-state index < -0.39 is 0 Å². The van der Waals surface area contributed by atoms with Crippen molar-refractivity contribution in [2.45, 2.75) is 32.9 Å². The van der Waals surface area contributed by atoms with E-state index in [1.165, 1.54) is 5.69 Å². The molecule has 114 valence electrons. The molecule has 0 aromatic carbocycles. The van der Waals surface area contributed by atoms with Gasteiger partial charge < -0.3 is 19.4 Å². The molecule has 1 fully saturated rings. The predicted molar refractivity (Wildman–Crippen MR) is 84.8 cm³/mol. The Bertz CT molecular complexity index is 620. The first kappa shape index (κ1) is 14.4.